The van der Waals surface area contributed by atoms with Gasteiger partial charge in [0.05, 0.1) is 0 Å². The highest BCUT2D eigenvalue weighted by Crippen LogP contribution is 2.42. The van der Waals surface area contributed by atoms with Crippen LogP contribution in [0.25, 0.3) is 32.7 Å². The summed E-state index contributed by atoms with van der Waals surface area (Å²) in [5, 5.41) is 8.47. The predicted molar refractivity (Wildman–Crippen MR) is 75.7 cm³/mol. The van der Waals surface area contributed by atoms with Crippen LogP contribution in [0.4, 0.5) is 0 Å². The molecule has 2 aromatic rings. The monoisotopic (exact) mass is 226 g/mol. The first-order valence-corrected chi connectivity index (χ1v) is 6.31. The van der Waals surface area contributed by atoms with E-state index in [1.54, 1.807) is 0 Å². The van der Waals surface area contributed by atoms with E-state index in [2.05, 4.69) is 60.7 Å². The Bertz CT molecular complexity index is 1010. The van der Waals surface area contributed by atoms with Crippen LogP contribution in [0, 0.1) is 10.4 Å². The van der Waals surface area contributed by atoms with Crippen LogP contribution in [0.1, 0.15) is 0 Å². The Labute approximate surface area is 104 Å². The molecule has 0 saturated carbocycles. The van der Waals surface area contributed by atoms with Crippen molar-refractivity contribution in [3.63, 3.8) is 0 Å². The molecule has 0 radical (unpaired) electrons. The van der Waals surface area contributed by atoms with Crippen molar-refractivity contribution < 1.29 is 0 Å². The second-order valence-corrected chi connectivity index (χ2v) is 5.04. The average molecular weight is 226 g/mol. The summed E-state index contributed by atoms with van der Waals surface area (Å²) in [5.74, 6) is 0. The van der Waals surface area contributed by atoms with Gasteiger partial charge in [-0.2, -0.15) is 0 Å². The van der Waals surface area contributed by atoms with Crippen LogP contribution in [-0.2, 0) is 0 Å². The second kappa shape index (κ2) is 2.73. The minimum atomic E-state index is 1.36. The Kier molecular flexibility index (Phi) is 1.32. The summed E-state index contributed by atoms with van der Waals surface area (Å²) in [6.45, 7) is 0. The average Bonchev–Trinajstić information content (AvgIpc) is 2.90. The number of hydrogen-bond acceptors (Lipinski definition) is 0. The SMILES string of the molecule is c1ccc2c3c4c5ccccc5c=4cc-3cc2c1. The summed E-state index contributed by atoms with van der Waals surface area (Å²) in [6, 6.07) is 22.0. The van der Waals surface area contributed by atoms with Gasteiger partial charge in [-0.1, -0.05) is 48.5 Å². The molecule has 0 heterocycles. The predicted octanol–water partition coefficient (Wildman–Crippen LogP) is 4.70. The first kappa shape index (κ1) is 8.71. The van der Waals surface area contributed by atoms with Crippen LogP contribution >= 0.6 is 0 Å². The van der Waals surface area contributed by atoms with Crippen LogP contribution < -0.4 is 0 Å². The first-order valence-electron chi connectivity index (χ1n) is 6.31. The van der Waals surface area contributed by atoms with Crippen molar-refractivity contribution in [3.05, 3.63) is 71.1 Å². The third kappa shape index (κ3) is 0.820. The van der Waals surface area contributed by atoms with Gasteiger partial charge in [-0.25, -0.2) is 0 Å². The number of benzene rings is 2. The van der Waals surface area contributed by atoms with E-state index in [4.69, 9.17) is 0 Å². The van der Waals surface area contributed by atoms with Crippen LogP contribution in [0.2, 0.25) is 0 Å². The molecule has 0 atom stereocenters. The Morgan fingerprint density at radius 3 is 2.22 bits per heavy atom. The van der Waals surface area contributed by atoms with Gasteiger partial charge in [0.2, 0.25) is 0 Å². The maximum atomic E-state index is 2.34. The third-order valence-corrected chi connectivity index (χ3v) is 4.14. The zero-order chi connectivity index (χ0) is 11.7. The molecule has 0 N–H and O–H groups in total. The lowest BCUT2D eigenvalue weighted by molar-refractivity contribution is 1.63. The van der Waals surface area contributed by atoms with Crippen molar-refractivity contribution in [3.8, 4) is 11.1 Å². The highest BCUT2D eigenvalue weighted by molar-refractivity contribution is 6.08. The van der Waals surface area contributed by atoms with Crippen molar-refractivity contribution in [1.29, 1.82) is 0 Å². The Morgan fingerprint density at radius 2 is 1.33 bits per heavy atom. The Balaban J connectivity index is 2.14. The first-order chi connectivity index (χ1) is 8.93. The van der Waals surface area contributed by atoms with E-state index < -0.39 is 0 Å². The second-order valence-electron chi connectivity index (χ2n) is 5.04. The molecular formula is C18H10. The van der Waals surface area contributed by atoms with E-state index in [1.165, 1.54) is 43.1 Å². The maximum absolute atomic E-state index is 2.34. The molecule has 2 aromatic carbocycles. The molecule has 0 amide bonds. The Morgan fingerprint density at radius 1 is 0.611 bits per heavy atom. The summed E-state index contributed by atoms with van der Waals surface area (Å²) in [5.41, 5.74) is 2.83. The molecular weight excluding hydrogens is 216 g/mol. The molecule has 82 valence electrons. The van der Waals surface area contributed by atoms with Crippen LogP contribution in [0.15, 0.2) is 60.7 Å². The number of rotatable bonds is 0. The molecule has 0 heteroatoms. The molecule has 0 unspecified atom stereocenters. The van der Waals surface area contributed by atoms with E-state index in [0.29, 0.717) is 0 Å². The van der Waals surface area contributed by atoms with Gasteiger partial charge in [0.15, 0.2) is 0 Å². The smallest absolute Gasteiger partial charge is 0.00139 e. The molecule has 18 heavy (non-hydrogen) atoms. The molecule has 3 aliphatic carbocycles. The molecule has 0 nitrogen and oxygen atoms in total. The minimum absolute atomic E-state index is 1.36. The van der Waals surface area contributed by atoms with E-state index in [-0.39, 0.29) is 0 Å². The van der Waals surface area contributed by atoms with Crippen molar-refractivity contribution in [2.75, 3.05) is 0 Å². The highest BCUT2D eigenvalue weighted by atomic mass is 14.2. The molecule has 0 aliphatic heterocycles. The van der Waals surface area contributed by atoms with Gasteiger partial charge in [0.1, 0.15) is 0 Å². The largest absolute Gasteiger partial charge is 0.0616 e. The van der Waals surface area contributed by atoms with Crippen molar-refractivity contribution in [2.24, 2.45) is 0 Å². The van der Waals surface area contributed by atoms with Crippen LogP contribution in [-0.4, -0.2) is 0 Å². The number of fused-ring (bicyclic) bond motifs is 7. The van der Waals surface area contributed by atoms with Gasteiger partial charge in [0.25, 0.3) is 0 Å². The van der Waals surface area contributed by atoms with Gasteiger partial charge < -0.3 is 0 Å². The van der Waals surface area contributed by atoms with Crippen LogP contribution in [0.5, 0.6) is 0 Å². The number of hydrogen-bond donors (Lipinski definition) is 0. The van der Waals surface area contributed by atoms with Gasteiger partial charge >= 0.3 is 0 Å². The summed E-state index contributed by atoms with van der Waals surface area (Å²) < 4.78 is 0. The van der Waals surface area contributed by atoms with Crippen molar-refractivity contribution in [2.45, 2.75) is 0 Å². The zero-order valence-electron chi connectivity index (χ0n) is 9.77. The molecule has 5 rings (SSSR count). The molecule has 0 spiro atoms. The molecule has 0 bridgehead atoms. The fourth-order valence-electron chi connectivity index (χ4n) is 3.37. The maximum Gasteiger partial charge on any atom is -0.00139 e. The Hall–Kier alpha value is -2.34. The van der Waals surface area contributed by atoms with Gasteiger partial charge in [-0.3, -0.25) is 0 Å². The fraction of sp³-hybridized carbons (Fsp3) is 0. The summed E-state index contributed by atoms with van der Waals surface area (Å²) in [7, 11) is 0. The lowest BCUT2D eigenvalue weighted by atomic mass is 9.99. The zero-order valence-corrected chi connectivity index (χ0v) is 9.77. The van der Waals surface area contributed by atoms with E-state index in [0.717, 1.165) is 0 Å². The molecule has 0 saturated heterocycles. The fourth-order valence-corrected chi connectivity index (χ4v) is 3.37. The van der Waals surface area contributed by atoms with Crippen LogP contribution in [0.3, 0.4) is 0 Å². The topological polar surface area (TPSA) is 0 Å². The normalized spacial score (nSPS) is 12.4. The lowest BCUT2D eigenvalue weighted by Gasteiger charge is -2.04. The van der Waals surface area contributed by atoms with E-state index >= 15 is 0 Å². The lowest BCUT2D eigenvalue weighted by Crippen LogP contribution is -1.83. The summed E-state index contributed by atoms with van der Waals surface area (Å²) >= 11 is 0. The van der Waals surface area contributed by atoms with Crippen molar-refractivity contribution >= 4 is 21.5 Å². The van der Waals surface area contributed by atoms with Gasteiger partial charge in [-0.15, -0.1) is 0 Å². The van der Waals surface area contributed by atoms with Gasteiger partial charge in [0, 0.05) is 0 Å². The minimum Gasteiger partial charge on any atom is -0.0616 e. The quantitative estimate of drug-likeness (QED) is 0.359. The summed E-state index contributed by atoms with van der Waals surface area (Å²) in [4.78, 5) is 0. The third-order valence-electron chi connectivity index (χ3n) is 4.14. The molecule has 3 aliphatic rings. The van der Waals surface area contributed by atoms with E-state index in [1.807, 2.05) is 0 Å². The molecule has 0 aromatic heterocycles. The standard InChI is InChI=1S/C18H10/c1-2-6-13-11(5-1)9-12-10-16-14-7-3-4-8-15(14)18(16)17(12)13/h1-10H. The molecule has 0 fully saturated rings. The van der Waals surface area contributed by atoms with Crippen molar-refractivity contribution in [1.82, 2.24) is 0 Å². The van der Waals surface area contributed by atoms with E-state index in [9.17, 15) is 0 Å². The van der Waals surface area contributed by atoms with Gasteiger partial charge in [-0.05, 0) is 55.2 Å². The highest BCUT2D eigenvalue weighted by Gasteiger charge is 2.18. The summed E-state index contributed by atoms with van der Waals surface area (Å²) in [6.07, 6.45) is 0.